The predicted octanol–water partition coefficient (Wildman–Crippen LogP) is 2.64. The third-order valence-corrected chi connectivity index (χ3v) is 5.24. The molecule has 1 N–H and O–H groups in total. The maximum Gasteiger partial charge on any atom is 0.124 e. The van der Waals surface area contributed by atoms with Gasteiger partial charge in [0.05, 0.1) is 6.61 Å². The number of aliphatic hydroxyl groups excluding tert-OH is 1. The van der Waals surface area contributed by atoms with Gasteiger partial charge in [-0.25, -0.2) is 0 Å². The normalized spacial score (nSPS) is 19.1. The SMILES string of the molecule is Cc1cccc(OC2CN(CC(O)COc3ccc(CN4CCCO4)cc3)C2)c1. The molecular formula is C23H30N2O4. The Morgan fingerprint density at radius 3 is 2.69 bits per heavy atom. The Labute approximate surface area is 172 Å². The summed E-state index contributed by atoms with van der Waals surface area (Å²) in [7, 11) is 0. The first-order chi connectivity index (χ1) is 14.1. The lowest BCUT2D eigenvalue weighted by molar-refractivity contribution is -0.117. The van der Waals surface area contributed by atoms with Crippen LogP contribution in [0.1, 0.15) is 17.5 Å². The molecule has 29 heavy (non-hydrogen) atoms. The highest BCUT2D eigenvalue weighted by molar-refractivity contribution is 5.28. The van der Waals surface area contributed by atoms with Gasteiger partial charge in [0.1, 0.15) is 30.3 Å². The van der Waals surface area contributed by atoms with Crippen molar-refractivity contribution >= 4 is 0 Å². The molecule has 0 saturated carbocycles. The summed E-state index contributed by atoms with van der Waals surface area (Å²) in [4.78, 5) is 7.71. The molecule has 2 saturated heterocycles. The molecule has 2 fully saturated rings. The molecular weight excluding hydrogens is 368 g/mol. The Morgan fingerprint density at radius 1 is 1.14 bits per heavy atom. The van der Waals surface area contributed by atoms with Crippen LogP contribution in [0.3, 0.4) is 0 Å². The molecule has 2 aliphatic rings. The molecule has 0 radical (unpaired) electrons. The second kappa shape index (κ2) is 9.59. The van der Waals surface area contributed by atoms with Crippen LogP contribution in [0.15, 0.2) is 48.5 Å². The number of hydrogen-bond acceptors (Lipinski definition) is 6. The largest absolute Gasteiger partial charge is 0.491 e. The van der Waals surface area contributed by atoms with E-state index in [9.17, 15) is 5.11 Å². The fraction of sp³-hybridized carbons (Fsp3) is 0.478. The Balaban J connectivity index is 1.13. The summed E-state index contributed by atoms with van der Waals surface area (Å²) in [6.45, 7) is 7.20. The lowest BCUT2D eigenvalue weighted by Gasteiger charge is -2.39. The van der Waals surface area contributed by atoms with Crippen molar-refractivity contribution in [3.63, 3.8) is 0 Å². The van der Waals surface area contributed by atoms with Gasteiger partial charge in [0, 0.05) is 32.7 Å². The zero-order valence-corrected chi connectivity index (χ0v) is 17.0. The highest BCUT2D eigenvalue weighted by atomic mass is 16.7. The van der Waals surface area contributed by atoms with Crippen molar-refractivity contribution in [2.24, 2.45) is 0 Å². The second-order valence-corrected chi connectivity index (χ2v) is 7.93. The van der Waals surface area contributed by atoms with Crippen molar-refractivity contribution in [3.8, 4) is 11.5 Å². The Kier molecular flexibility index (Phi) is 6.67. The summed E-state index contributed by atoms with van der Waals surface area (Å²) >= 11 is 0. The van der Waals surface area contributed by atoms with E-state index in [-0.39, 0.29) is 12.7 Å². The molecule has 6 heteroatoms. The molecule has 156 valence electrons. The molecule has 0 amide bonds. The van der Waals surface area contributed by atoms with Crippen molar-refractivity contribution < 1.29 is 19.4 Å². The summed E-state index contributed by atoms with van der Waals surface area (Å²) in [5.74, 6) is 1.69. The van der Waals surface area contributed by atoms with E-state index in [1.807, 2.05) is 41.5 Å². The van der Waals surface area contributed by atoms with Crippen LogP contribution in [-0.2, 0) is 11.4 Å². The molecule has 1 atom stereocenters. The molecule has 2 aliphatic heterocycles. The van der Waals surface area contributed by atoms with Gasteiger partial charge in [-0.05, 0) is 48.7 Å². The molecule has 0 spiro atoms. The minimum Gasteiger partial charge on any atom is -0.491 e. The first kappa shape index (κ1) is 20.2. The van der Waals surface area contributed by atoms with E-state index in [1.165, 1.54) is 11.1 Å². The van der Waals surface area contributed by atoms with Gasteiger partial charge in [-0.2, -0.15) is 5.06 Å². The van der Waals surface area contributed by atoms with E-state index in [2.05, 4.69) is 24.0 Å². The highest BCUT2D eigenvalue weighted by Gasteiger charge is 2.29. The molecule has 6 nitrogen and oxygen atoms in total. The number of benzene rings is 2. The first-order valence-electron chi connectivity index (χ1n) is 10.4. The van der Waals surface area contributed by atoms with Gasteiger partial charge in [0.15, 0.2) is 0 Å². The number of rotatable bonds is 9. The van der Waals surface area contributed by atoms with Gasteiger partial charge >= 0.3 is 0 Å². The number of likely N-dealkylation sites (tertiary alicyclic amines) is 1. The molecule has 1 unspecified atom stereocenters. The van der Waals surface area contributed by atoms with Crippen LogP contribution in [0, 0.1) is 6.92 Å². The Bertz CT molecular complexity index is 771. The highest BCUT2D eigenvalue weighted by Crippen LogP contribution is 2.20. The van der Waals surface area contributed by atoms with Gasteiger partial charge < -0.3 is 14.6 Å². The van der Waals surface area contributed by atoms with Crippen LogP contribution in [0.5, 0.6) is 11.5 Å². The van der Waals surface area contributed by atoms with Gasteiger partial charge in [-0.15, -0.1) is 0 Å². The van der Waals surface area contributed by atoms with Gasteiger partial charge in [-0.3, -0.25) is 9.74 Å². The predicted molar refractivity (Wildman–Crippen MR) is 111 cm³/mol. The lowest BCUT2D eigenvalue weighted by atomic mass is 10.1. The van der Waals surface area contributed by atoms with E-state index in [0.29, 0.717) is 6.54 Å². The van der Waals surface area contributed by atoms with Crippen LogP contribution in [0.4, 0.5) is 0 Å². The maximum absolute atomic E-state index is 10.3. The minimum atomic E-state index is -0.521. The fourth-order valence-corrected chi connectivity index (χ4v) is 3.69. The standard InChI is InChI=1S/C23H30N2O4/c1-18-4-2-5-22(12-18)29-23-15-24(16-23)14-20(26)17-27-21-8-6-19(7-9-21)13-25-10-3-11-28-25/h2,4-9,12,20,23,26H,3,10-11,13-17H2,1H3. The monoisotopic (exact) mass is 398 g/mol. The first-order valence-corrected chi connectivity index (χ1v) is 10.4. The molecule has 0 bridgehead atoms. The fourth-order valence-electron chi connectivity index (χ4n) is 3.69. The number of aryl methyl sites for hydroxylation is 1. The summed E-state index contributed by atoms with van der Waals surface area (Å²) in [5, 5.41) is 12.3. The topological polar surface area (TPSA) is 54.4 Å². The number of aliphatic hydroxyl groups is 1. The van der Waals surface area contributed by atoms with E-state index in [1.54, 1.807) is 0 Å². The summed E-state index contributed by atoms with van der Waals surface area (Å²) in [6.07, 6.45) is 0.763. The molecule has 2 heterocycles. The third kappa shape index (κ3) is 5.93. The summed E-state index contributed by atoms with van der Waals surface area (Å²) < 4.78 is 11.7. The average Bonchev–Trinajstić information content (AvgIpc) is 3.19. The lowest BCUT2D eigenvalue weighted by Crippen LogP contribution is -2.56. The van der Waals surface area contributed by atoms with Crippen LogP contribution in [-0.4, -0.2) is 66.7 Å². The average molecular weight is 399 g/mol. The number of ether oxygens (including phenoxy) is 2. The van der Waals surface area contributed by atoms with Crippen LogP contribution in [0.25, 0.3) is 0 Å². The molecule has 0 aromatic heterocycles. The second-order valence-electron chi connectivity index (χ2n) is 7.93. The van der Waals surface area contributed by atoms with E-state index in [0.717, 1.165) is 50.7 Å². The molecule has 2 aromatic rings. The summed E-state index contributed by atoms with van der Waals surface area (Å²) in [5.41, 5.74) is 2.39. The third-order valence-electron chi connectivity index (χ3n) is 5.24. The molecule has 4 rings (SSSR count). The van der Waals surface area contributed by atoms with Crippen LogP contribution >= 0.6 is 0 Å². The van der Waals surface area contributed by atoms with Crippen LogP contribution < -0.4 is 9.47 Å². The molecule has 2 aromatic carbocycles. The number of β-amino-alcohol motifs (C(OH)–C–C–N with tert-alkyl or cyclic N) is 1. The van der Waals surface area contributed by atoms with Crippen molar-refractivity contribution in [2.45, 2.75) is 32.1 Å². The number of hydrogen-bond donors (Lipinski definition) is 1. The van der Waals surface area contributed by atoms with Crippen molar-refractivity contribution in [1.29, 1.82) is 0 Å². The Hall–Kier alpha value is -2.12. The van der Waals surface area contributed by atoms with E-state index < -0.39 is 6.10 Å². The van der Waals surface area contributed by atoms with Crippen molar-refractivity contribution in [1.82, 2.24) is 9.96 Å². The number of hydroxylamine groups is 2. The maximum atomic E-state index is 10.3. The Morgan fingerprint density at radius 2 is 1.97 bits per heavy atom. The van der Waals surface area contributed by atoms with Gasteiger partial charge in [0.2, 0.25) is 0 Å². The minimum absolute atomic E-state index is 0.192. The molecule has 0 aliphatic carbocycles. The quantitative estimate of drug-likeness (QED) is 0.701. The zero-order valence-electron chi connectivity index (χ0n) is 17.0. The van der Waals surface area contributed by atoms with Gasteiger partial charge in [-0.1, -0.05) is 24.3 Å². The zero-order chi connectivity index (χ0) is 20.1. The summed E-state index contributed by atoms with van der Waals surface area (Å²) in [6, 6.07) is 16.1. The van der Waals surface area contributed by atoms with Crippen molar-refractivity contribution in [3.05, 3.63) is 59.7 Å². The van der Waals surface area contributed by atoms with E-state index in [4.69, 9.17) is 14.3 Å². The smallest absolute Gasteiger partial charge is 0.124 e. The number of nitrogens with zero attached hydrogens (tertiary/aromatic N) is 2. The van der Waals surface area contributed by atoms with Crippen LogP contribution in [0.2, 0.25) is 0 Å². The van der Waals surface area contributed by atoms with E-state index >= 15 is 0 Å². The van der Waals surface area contributed by atoms with Gasteiger partial charge in [0.25, 0.3) is 0 Å². The van der Waals surface area contributed by atoms with Crippen molar-refractivity contribution in [2.75, 3.05) is 39.4 Å².